The maximum atomic E-state index is 11.7. The highest BCUT2D eigenvalue weighted by molar-refractivity contribution is 7.88. The molecule has 0 fully saturated rings. The zero-order valence-electron chi connectivity index (χ0n) is 10.8. The molecular formula is C12H19N3O3S. The number of hydrogen-bond acceptors (Lipinski definition) is 4. The highest BCUT2D eigenvalue weighted by Crippen LogP contribution is 2.08. The van der Waals surface area contributed by atoms with Crippen molar-refractivity contribution in [1.29, 1.82) is 0 Å². The quantitative estimate of drug-likeness (QED) is 0.601. The van der Waals surface area contributed by atoms with Gasteiger partial charge in [0.1, 0.15) is 6.04 Å². The number of amides is 1. The molecule has 19 heavy (non-hydrogen) atoms. The van der Waals surface area contributed by atoms with Gasteiger partial charge >= 0.3 is 0 Å². The fourth-order valence-electron chi connectivity index (χ4n) is 1.48. The Morgan fingerprint density at radius 2 is 1.89 bits per heavy atom. The number of benzene rings is 1. The summed E-state index contributed by atoms with van der Waals surface area (Å²) in [6.07, 6.45) is 1.61. The molecule has 7 heteroatoms. The predicted octanol–water partition coefficient (Wildman–Crippen LogP) is -0.258. The van der Waals surface area contributed by atoms with Gasteiger partial charge in [0.15, 0.2) is 0 Å². The first-order valence-corrected chi connectivity index (χ1v) is 7.82. The highest BCUT2D eigenvalue weighted by atomic mass is 32.2. The predicted molar refractivity (Wildman–Crippen MR) is 73.8 cm³/mol. The van der Waals surface area contributed by atoms with E-state index in [-0.39, 0.29) is 5.91 Å². The molecule has 0 saturated heterocycles. The van der Waals surface area contributed by atoms with Gasteiger partial charge in [0.2, 0.25) is 15.9 Å². The number of nitrogens with one attached hydrogen (secondary N) is 2. The van der Waals surface area contributed by atoms with Crippen LogP contribution in [-0.4, -0.2) is 33.7 Å². The highest BCUT2D eigenvalue weighted by Gasteiger charge is 2.14. The molecule has 6 nitrogen and oxygen atoms in total. The van der Waals surface area contributed by atoms with Crippen molar-refractivity contribution in [3.63, 3.8) is 0 Å². The van der Waals surface area contributed by atoms with E-state index >= 15 is 0 Å². The topological polar surface area (TPSA) is 101 Å². The summed E-state index contributed by atoms with van der Waals surface area (Å²) in [4.78, 5) is 11.7. The minimum Gasteiger partial charge on any atom is -0.354 e. The van der Waals surface area contributed by atoms with Crippen LogP contribution >= 0.6 is 0 Å². The fourth-order valence-corrected chi connectivity index (χ4v) is 1.99. The molecule has 1 unspecified atom stereocenters. The van der Waals surface area contributed by atoms with Crippen molar-refractivity contribution in [2.24, 2.45) is 5.73 Å². The number of nitrogens with two attached hydrogens (primary N) is 1. The molecule has 0 aliphatic heterocycles. The Bertz CT molecular complexity index is 502. The van der Waals surface area contributed by atoms with Crippen LogP contribution in [0.15, 0.2) is 30.3 Å². The smallest absolute Gasteiger partial charge is 0.241 e. The Kier molecular flexibility index (Phi) is 5.94. The summed E-state index contributed by atoms with van der Waals surface area (Å²) in [5, 5.41) is 2.67. The van der Waals surface area contributed by atoms with Crippen molar-refractivity contribution < 1.29 is 13.2 Å². The third-order valence-corrected chi connectivity index (χ3v) is 3.19. The van der Waals surface area contributed by atoms with Crippen molar-refractivity contribution >= 4 is 15.9 Å². The Labute approximate surface area is 113 Å². The SMILES string of the molecule is CS(=O)(=O)NCCCNC(=O)C(N)c1ccccc1. The second-order valence-corrected chi connectivity index (χ2v) is 6.03. The summed E-state index contributed by atoms with van der Waals surface area (Å²) in [6.45, 7) is 0.668. The third kappa shape index (κ3) is 6.32. The van der Waals surface area contributed by atoms with Crippen molar-refractivity contribution in [3.8, 4) is 0 Å². The average molecular weight is 285 g/mol. The number of carbonyl (C=O) groups excluding carboxylic acids is 1. The molecule has 1 aromatic rings. The number of hydrogen-bond donors (Lipinski definition) is 3. The van der Waals surface area contributed by atoms with Gasteiger partial charge in [-0.15, -0.1) is 0 Å². The zero-order chi connectivity index (χ0) is 14.3. The molecule has 0 heterocycles. The van der Waals surface area contributed by atoms with Gasteiger partial charge in [0, 0.05) is 13.1 Å². The van der Waals surface area contributed by atoms with Crippen molar-refractivity contribution in [1.82, 2.24) is 10.0 Å². The van der Waals surface area contributed by atoms with Crippen LogP contribution < -0.4 is 15.8 Å². The van der Waals surface area contributed by atoms with Gasteiger partial charge in [-0.1, -0.05) is 30.3 Å². The lowest BCUT2D eigenvalue weighted by molar-refractivity contribution is -0.122. The van der Waals surface area contributed by atoms with Crippen LogP contribution in [0.2, 0.25) is 0 Å². The number of carbonyl (C=O) groups is 1. The zero-order valence-corrected chi connectivity index (χ0v) is 11.6. The largest absolute Gasteiger partial charge is 0.354 e. The second-order valence-electron chi connectivity index (χ2n) is 4.20. The molecule has 0 aliphatic rings. The van der Waals surface area contributed by atoms with Gasteiger partial charge < -0.3 is 11.1 Å². The molecule has 1 atom stereocenters. The second kappa shape index (κ2) is 7.22. The summed E-state index contributed by atoms with van der Waals surface area (Å²) in [5.74, 6) is -0.273. The third-order valence-electron chi connectivity index (χ3n) is 2.46. The van der Waals surface area contributed by atoms with Crippen LogP contribution in [0.1, 0.15) is 18.0 Å². The Morgan fingerprint density at radius 3 is 2.47 bits per heavy atom. The normalized spacial score (nSPS) is 12.9. The summed E-state index contributed by atoms with van der Waals surface area (Å²) in [7, 11) is -3.17. The maximum absolute atomic E-state index is 11.7. The van der Waals surface area contributed by atoms with Crippen LogP contribution in [-0.2, 0) is 14.8 Å². The van der Waals surface area contributed by atoms with E-state index in [0.717, 1.165) is 11.8 Å². The van der Waals surface area contributed by atoms with E-state index < -0.39 is 16.1 Å². The van der Waals surface area contributed by atoms with Crippen molar-refractivity contribution in [2.45, 2.75) is 12.5 Å². The minimum absolute atomic E-state index is 0.273. The summed E-state index contributed by atoms with van der Waals surface area (Å²) in [5.41, 5.74) is 6.54. The van der Waals surface area contributed by atoms with Gasteiger partial charge in [-0.2, -0.15) is 0 Å². The van der Waals surface area contributed by atoms with Crippen LogP contribution in [0.3, 0.4) is 0 Å². The van der Waals surface area contributed by atoms with E-state index in [2.05, 4.69) is 10.0 Å². The molecular weight excluding hydrogens is 266 g/mol. The summed E-state index contributed by atoms with van der Waals surface area (Å²) in [6, 6.07) is 8.36. The van der Waals surface area contributed by atoms with Crippen LogP contribution in [0, 0.1) is 0 Å². The van der Waals surface area contributed by atoms with Crippen LogP contribution in [0.5, 0.6) is 0 Å². The average Bonchev–Trinajstić information content (AvgIpc) is 2.37. The Hall–Kier alpha value is -1.44. The van der Waals surface area contributed by atoms with Gasteiger partial charge in [0.25, 0.3) is 0 Å². The van der Waals surface area contributed by atoms with E-state index in [1.54, 1.807) is 12.1 Å². The monoisotopic (exact) mass is 285 g/mol. The van der Waals surface area contributed by atoms with E-state index in [1.807, 2.05) is 18.2 Å². The molecule has 1 amide bonds. The first-order chi connectivity index (χ1) is 8.90. The molecule has 0 bridgehead atoms. The van der Waals surface area contributed by atoms with Crippen molar-refractivity contribution in [3.05, 3.63) is 35.9 Å². The number of sulfonamides is 1. The first-order valence-electron chi connectivity index (χ1n) is 5.93. The standard InChI is InChI=1S/C12H19N3O3S/c1-19(17,18)15-9-5-8-14-12(16)11(13)10-6-3-2-4-7-10/h2-4,6-7,11,15H,5,8-9,13H2,1H3,(H,14,16). The van der Waals surface area contributed by atoms with Crippen LogP contribution in [0.4, 0.5) is 0 Å². The lowest BCUT2D eigenvalue weighted by Crippen LogP contribution is -2.35. The van der Waals surface area contributed by atoms with Crippen molar-refractivity contribution in [2.75, 3.05) is 19.3 Å². The van der Waals surface area contributed by atoms with Gasteiger partial charge in [-0.25, -0.2) is 13.1 Å². The fraction of sp³-hybridized carbons (Fsp3) is 0.417. The lowest BCUT2D eigenvalue weighted by Gasteiger charge is -2.12. The molecule has 4 N–H and O–H groups in total. The summed E-state index contributed by atoms with van der Waals surface area (Å²) < 4.78 is 24.0. The van der Waals surface area contributed by atoms with E-state index in [9.17, 15) is 13.2 Å². The molecule has 1 aromatic carbocycles. The molecule has 1 rings (SSSR count). The molecule has 0 spiro atoms. The first kappa shape index (κ1) is 15.6. The molecule has 106 valence electrons. The van der Waals surface area contributed by atoms with Crippen LogP contribution in [0.25, 0.3) is 0 Å². The summed E-state index contributed by atoms with van der Waals surface area (Å²) >= 11 is 0. The van der Waals surface area contributed by atoms with Gasteiger partial charge in [-0.05, 0) is 12.0 Å². The Morgan fingerprint density at radius 1 is 1.26 bits per heavy atom. The molecule has 0 aliphatic carbocycles. The number of rotatable bonds is 7. The van der Waals surface area contributed by atoms with Gasteiger partial charge in [-0.3, -0.25) is 4.79 Å². The lowest BCUT2D eigenvalue weighted by atomic mass is 10.1. The molecule has 0 radical (unpaired) electrons. The van der Waals surface area contributed by atoms with E-state index in [1.165, 1.54) is 0 Å². The van der Waals surface area contributed by atoms with Gasteiger partial charge in [0.05, 0.1) is 6.26 Å². The van der Waals surface area contributed by atoms with E-state index in [4.69, 9.17) is 5.73 Å². The Balaban J connectivity index is 2.28. The molecule has 0 aromatic heterocycles. The molecule has 0 saturated carbocycles. The van der Waals surface area contributed by atoms with E-state index in [0.29, 0.717) is 19.5 Å². The maximum Gasteiger partial charge on any atom is 0.241 e. The minimum atomic E-state index is -3.17.